The van der Waals surface area contributed by atoms with Crippen molar-refractivity contribution in [3.05, 3.63) is 23.9 Å². The Bertz CT molecular complexity index is 467. The van der Waals surface area contributed by atoms with Crippen LogP contribution in [-0.2, 0) is 6.54 Å². The molecule has 0 spiro atoms. The molecule has 2 rings (SSSR count). The van der Waals surface area contributed by atoms with Crippen LogP contribution in [0.3, 0.4) is 0 Å². The highest BCUT2D eigenvalue weighted by atomic mass is 127. The van der Waals surface area contributed by atoms with Gasteiger partial charge in [0.1, 0.15) is 5.82 Å². The SMILES string of the molecule is CC1CCN(C(N)=NCc2ccnc(N(C)C)c2)CC1.I. The summed E-state index contributed by atoms with van der Waals surface area (Å²) in [6.45, 7) is 4.96. The number of nitrogens with two attached hydrogens (primary N) is 1. The van der Waals surface area contributed by atoms with Gasteiger partial charge in [-0.3, -0.25) is 0 Å². The summed E-state index contributed by atoms with van der Waals surface area (Å²) in [5.74, 6) is 2.42. The molecule has 0 atom stereocenters. The van der Waals surface area contributed by atoms with E-state index in [0.29, 0.717) is 12.5 Å². The number of aromatic nitrogens is 1. The zero-order valence-corrected chi connectivity index (χ0v) is 15.4. The number of piperidine rings is 1. The van der Waals surface area contributed by atoms with Gasteiger partial charge in [0.25, 0.3) is 0 Å². The summed E-state index contributed by atoms with van der Waals surface area (Å²) in [5.41, 5.74) is 7.23. The number of aliphatic imine (C=N–C) groups is 1. The molecular formula is C15H26IN5. The van der Waals surface area contributed by atoms with Crippen molar-refractivity contribution in [2.75, 3.05) is 32.1 Å². The average molecular weight is 403 g/mol. The summed E-state index contributed by atoms with van der Waals surface area (Å²) >= 11 is 0. The van der Waals surface area contributed by atoms with Crippen LogP contribution in [0.1, 0.15) is 25.3 Å². The monoisotopic (exact) mass is 403 g/mol. The summed E-state index contributed by atoms with van der Waals surface area (Å²) in [6, 6.07) is 4.04. The van der Waals surface area contributed by atoms with Crippen LogP contribution in [-0.4, -0.2) is 43.0 Å². The van der Waals surface area contributed by atoms with Gasteiger partial charge in [-0.05, 0) is 36.5 Å². The Balaban J connectivity index is 0.00000220. The Labute approximate surface area is 144 Å². The van der Waals surface area contributed by atoms with E-state index in [9.17, 15) is 0 Å². The van der Waals surface area contributed by atoms with Crippen LogP contribution in [0.15, 0.2) is 23.3 Å². The first kappa shape index (κ1) is 18.0. The summed E-state index contributed by atoms with van der Waals surface area (Å²) in [5, 5.41) is 0. The number of anilines is 1. The predicted molar refractivity (Wildman–Crippen MR) is 99.3 cm³/mol. The smallest absolute Gasteiger partial charge is 0.191 e. The molecule has 0 saturated carbocycles. The average Bonchev–Trinajstić information content (AvgIpc) is 2.46. The fourth-order valence-electron chi connectivity index (χ4n) is 2.31. The molecule has 6 heteroatoms. The van der Waals surface area contributed by atoms with Gasteiger partial charge in [-0.15, -0.1) is 24.0 Å². The highest BCUT2D eigenvalue weighted by Gasteiger charge is 2.16. The molecular weight excluding hydrogens is 377 g/mol. The number of hydrogen-bond acceptors (Lipinski definition) is 3. The molecule has 118 valence electrons. The minimum Gasteiger partial charge on any atom is -0.370 e. The van der Waals surface area contributed by atoms with Crippen molar-refractivity contribution in [3.63, 3.8) is 0 Å². The maximum atomic E-state index is 6.09. The van der Waals surface area contributed by atoms with Crippen LogP contribution < -0.4 is 10.6 Å². The topological polar surface area (TPSA) is 57.8 Å². The molecule has 0 bridgehead atoms. The standard InChI is InChI=1S/C15H25N5.HI/c1-12-5-8-20(9-6-12)15(16)18-11-13-4-7-17-14(10-13)19(2)3;/h4,7,10,12H,5-6,8-9,11H2,1-3H3,(H2,16,18);1H. The lowest BCUT2D eigenvalue weighted by Crippen LogP contribution is -2.42. The minimum atomic E-state index is 0. The second-order valence-corrected chi connectivity index (χ2v) is 5.76. The number of hydrogen-bond donors (Lipinski definition) is 1. The Kier molecular flexibility index (Phi) is 7.21. The van der Waals surface area contributed by atoms with E-state index in [1.165, 1.54) is 12.8 Å². The molecule has 0 aliphatic carbocycles. The Morgan fingerprint density at radius 2 is 2.10 bits per heavy atom. The van der Waals surface area contributed by atoms with Crippen molar-refractivity contribution in [1.82, 2.24) is 9.88 Å². The van der Waals surface area contributed by atoms with Crippen LogP contribution in [0.25, 0.3) is 0 Å². The van der Waals surface area contributed by atoms with Gasteiger partial charge in [-0.1, -0.05) is 6.92 Å². The molecule has 2 heterocycles. The zero-order valence-electron chi connectivity index (χ0n) is 13.1. The molecule has 1 aromatic rings. The third kappa shape index (κ3) is 5.33. The highest BCUT2D eigenvalue weighted by Crippen LogP contribution is 2.16. The number of pyridine rings is 1. The molecule has 1 aliphatic rings. The van der Waals surface area contributed by atoms with E-state index in [2.05, 4.69) is 27.9 Å². The molecule has 5 nitrogen and oxygen atoms in total. The van der Waals surface area contributed by atoms with Crippen molar-refractivity contribution in [1.29, 1.82) is 0 Å². The second-order valence-electron chi connectivity index (χ2n) is 5.76. The van der Waals surface area contributed by atoms with Gasteiger partial charge < -0.3 is 15.5 Å². The third-order valence-electron chi connectivity index (χ3n) is 3.80. The van der Waals surface area contributed by atoms with Gasteiger partial charge in [-0.25, -0.2) is 9.98 Å². The molecule has 1 aromatic heterocycles. The van der Waals surface area contributed by atoms with Gasteiger partial charge in [0, 0.05) is 33.4 Å². The van der Waals surface area contributed by atoms with Crippen molar-refractivity contribution >= 4 is 35.8 Å². The number of nitrogens with zero attached hydrogens (tertiary/aromatic N) is 4. The quantitative estimate of drug-likeness (QED) is 0.478. The Hall–Kier alpha value is -1.05. The van der Waals surface area contributed by atoms with Gasteiger partial charge in [0.2, 0.25) is 0 Å². The molecule has 1 fully saturated rings. The van der Waals surface area contributed by atoms with E-state index in [0.717, 1.165) is 30.4 Å². The molecule has 2 N–H and O–H groups in total. The maximum absolute atomic E-state index is 6.09. The first-order valence-electron chi connectivity index (χ1n) is 7.23. The molecule has 21 heavy (non-hydrogen) atoms. The molecule has 0 unspecified atom stereocenters. The summed E-state index contributed by atoms with van der Waals surface area (Å²) in [4.78, 5) is 13.0. The van der Waals surface area contributed by atoms with Gasteiger partial charge in [0.15, 0.2) is 5.96 Å². The van der Waals surface area contributed by atoms with Gasteiger partial charge >= 0.3 is 0 Å². The van der Waals surface area contributed by atoms with Crippen LogP contribution in [0.4, 0.5) is 5.82 Å². The Morgan fingerprint density at radius 1 is 1.43 bits per heavy atom. The van der Waals surface area contributed by atoms with Crippen molar-refractivity contribution in [2.45, 2.75) is 26.3 Å². The second kappa shape index (κ2) is 8.41. The van der Waals surface area contributed by atoms with E-state index in [1.807, 2.05) is 31.3 Å². The summed E-state index contributed by atoms with van der Waals surface area (Å²) < 4.78 is 0. The van der Waals surface area contributed by atoms with E-state index < -0.39 is 0 Å². The normalized spacial score (nSPS) is 16.5. The van der Waals surface area contributed by atoms with Crippen molar-refractivity contribution in [2.24, 2.45) is 16.6 Å². The maximum Gasteiger partial charge on any atom is 0.191 e. The Morgan fingerprint density at radius 3 is 2.71 bits per heavy atom. The van der Waals surface area contributed by atoms with Crippen LogP contribution in [0, 0.1) is 5.92 Å². The van der Waals surface area contributed by atoms with E-state index in [4.69, 9.17) is 5.73 Å². The minimum absolute atomic E-state index is 0. The third-order valence-corrected chi connectivity index (χ3v) is 3.80. The van der Waals surface area contributed by atoms with E-state index in [-0.39, 0.29) is 24.0 Å². The summed E-state index contributed by atoms with van der Waals surface area (Å²) in [6.07, 6.45) is 4.23. The molecule has 0 amide bonds. The van der Waals surface area contributed by atoms with E-state index in [1.54, 1.807) is 0 Å². The largest absolute Gasteiger partial charge is 0.370 e. The van der Waals surface area contributed by atoms with E-state index >= 15 is 0 Å². The lowest BCUT2D eigenvalue weighted by molar-refractivity contribution is 0.277. The lowest BCUT2D eigenvalue weighted by Gasteiger charge is -2.31. The predicted octanol–water partition coefficient (Wildman–Crippen LogP) is 2.31. The highest BCUT2D eigenvalue weighted by molar-refractivity contribution is 14.0. The molecule has 0 aromatic carbocycles. The van der Waals surface area contributed by atoms with Gasteiger partial charge in [0.05, 0.1) is 6.54 Å². The molecule has 1 saturated heterocycles. The zero-order chi connectivity index (χ0) is 14.5. The first-order chi connectivity index (χ1) is 9.56. The summed E-state index contributed by atoms with van der Waals surface area (Å²) in [7, 11) is 3.97. The molecule has 0 radical (unpaired) electrons. The van der Waals surface area contributed by atoms with Crippen LogP contribution >= 0.6 is 24.0 Å². The lowest BCUT2D eigenvalue weighted by atomic mass is 10.00. The molecule has 1 aliphatic heterocycles. The first-order valence-corrected chi connectivity index (χ1v) is 7.23. The number of halogens is 1. The van der Waals surface area contributed by atoms with Crippen LogP contribution in [0.2, 0.25) is 0 Å². The number of rotatable bonds is 3. The van der Waals surface area contributed by atoms with Crippen molar-refractivity contribution in [3.8, 4) is 0 Å². The number of guanidine groups is 1. The number of likely N-dealkylation sites (tertiary alicyclic amines) is 1. The van der Waals surface area contributed by atoms with Crippen molar-refractivity contribution < 1.29 is 0 Å². The fraction of sp³-hybridized carbons (Fsp3) is 0.600. The van der Waals surface area contributed by atoms with Crippen LogP contribution in [0.5, 0.6) is 0 Å². The fourth-order valence-corrected chi connectivity index (χ4v) is 2.31. The van der Waals surface area contributed by atoms with Gasteiger partial charge in [-0.2, -0.15) is 0 Å².